The number of terminal acetylenes is 1. The first kappa shape index (κ1) is 10.4. The molecule has 0 aromatic carbocycles. The normalized spacial score (nSPS) is 14.1. The third-order valence-corrected chi connectivity index (χ3v) is 1.59. The fourth-order valence-electron chi connectivity index (χ4n) is 0.755. The average Bonchev–Trinajstić information content (AvgIpc) is 1.86. The second-order valence-electron chi connectivity index (χ2n) is 3.39. The van der Waals surface area contributed by atoms with E-state index in [-0.39, 0.29) is 0 Å². The molecule has 0 radical (unpaired) electrons. The van der Waals surface area contributed by atoms with Crippen molar-refractivity contribution in [1.29, 1.82) is 0 Å². The van der Waals surface area contributed by atoms with Crippen molar-refractivity contribution in [2.45, 2.75) is 44.8 Å². The van der Waals surface area contributed by atoms with Gasteiger partial charge in [0.25, 0.3) is 0 Å². The third kappa shape index (κ3) is 4.80. The molecular weight excluding hydrogens is 141 g/mol. The summed E-state index contributed by atoms with van der Waals surface area (Å²) in [6.45, 7) is 3.38. The second kappa shape index (κ2) is 4.35. The van der Waals surface area contributed by atoms with E-state index in [1.165, 1.54) is 0 Å². The lowest BCUT2D eigenvalue weighted by Gasteiger charge is -2.23. The van der Waals surface area contributed by atoms with Gasteiger partial charge in [0.15, 0.2) is 0 Å². The van der Waals surface area contributed by atoms with Crippen LogP contribution in [-0.2, 0) is 0 Å². The van der Waals surface area contributed by atoms with Crippen LogP contribution in [0.25, 0.3) is 0 Å². The lowest BCUT2D eigenvalue weighted by Crippen LogP contribution is -2.42. The van der Waals surface area contributed by atoms with Gasteiger partial charge in [-0.1, -0.05) is 0 Å². The van der Waals surface area contributed by atoms with E-state index in [0.717, 1.165) is 6.42 Å². The monoisotopic (exact) mass is 157 g/mol. The Kier molecular flexibility index (Phi) is 4.14. The van der Waals surface area contributed by atoms with Crippen molar-refractivity contribution in [2.24, 2.45) is 5.73 Å². The molecule has 0 fully saturated rings. The highest BCUT2D eigenvalue weighted by molar-refractivity contribution is 4.86. The minimum atomic E-state index is -0.948. The molecule has 1 unspecified atom stereocenters. The Morgan fingerprint density at radius 2 is 2.18 bits per heavy atom. The molecule has 64 valence electrons. The predicted octanol–water partition coefficient (Wildman–Crippen LogP) is 1.87. The summed E-state index contributed by atoms with van der Waals surface area (Å²) >= 11 is 0. The van der Waals surface area contributed by atoms with Crippen molar-refractivity contribution in [3.63, 3.8) is 0 Å². The van der Waals surface area contributed by atoms with Crippen LogP contribution in [0, 0.1) is 12.3 Å². The number of alkyl halides is 1. The number of rotatable bonds is 4. The number of unbranched alkanes of at least 4 members (excludes halogenated alkanes) is 1. The van der Waals surface area contributed by atoms with Gasteiger partial charge in [-0.25, -0.2) is 4.39 Å². The Labute approximate surface area is 68.2 Å². The maximum Gasteiger partial charge on any atom is 0.117 e. The zero-order valence-electron chi connectivity index (χ0n) is 7.23. The first-order valence-corrected chi connectivity index (χ1v) is 3.85. The molecule has 0 amide bonds. The minimum absolute atomic E-state index is 0.466. The predicted molar refractivity (Wildman–Crippen MR) is 45.8 cm³/mol. The van der Waals surface area contributed by atoms with Gasteiger partial charge in [-0.15, -0.1) is 12.3 Å². The summed E-state index contributed by atoms with van der Waals surface area (Å²) in [4.78, 5) is 0. The third-order valence-electron chi connectivity index (χ3n) is 1.59. The van der Waals surface area contributed by atoms with E-state index in [0.29, 0.717) is 12.8 Å². The number of hydrogen-bond acceptors (Lipinski definition) is 1. The molecule has 0 aliphatic rings. The molecule has 0 spiro atoms. The molecule has 2 N–H and O–H groups in total. The van der Waals surface area contributed by atoms with Crippen LogP contribution in [0.3, 0.4) is 0 Å². The van der Waals surface area contributed by atoms with Crippen molar-refractivity contribution in [2.75, 3.05) is 0 Å². The average molecular weight is 157 g/mol. The van der Waals surface area contributed by atoms with Gasteiger partial charge in [-0.2, -0.15) is 0 Å². The molecule has 0 aromatic heterocycles. The smallest absolute Gasteiger partial charge is 0.117 e. The summed E-state index contributed by atoms with van der Waals surface area (Å²) in [5.41, 5.74) is 4.81. The molecule has 0 saturated heterocycles. The van der Waals surface area contributed by atoms with E-state index in [4.69, 9.17) is 12.2 Å². The van der Waals surface area contributed by atoms with Crippen LogP contribution in [0.5, 0.6) is 0 Å². The van der Waals surface area contributed by atoms with Crippen LogP contribution in [0.1, 0.15) is 33.1 Å². The summed E-state index contributed by atoms with van der Waals surface area (Å²) in [6, 6.07) is 0. The molecule has 0 rings (SSSR count). The van der Waals surface area contributed by atoms with Crippen LogP contribution in [-0.4, -0.2) is 11.7 Å². The Morgan fingerprint density at radius 1 is 1.64 bits per heavy atom. The van der Waals surface area contributed by atoms with Crippen LogP contribution in [0.4, 0.5) is 4.39 Å². The molecule has 0 aliphatic heterocycles. The van der Waals surface area contributed by atoms with Crippen LogP contribution < -0.4 is 5.73 Å². The Morgan fingerprint density at radius 3 is 2.55 bits per heavy atom. The van der Waals surface area contributed by atoms with Crippen molar-refractivity contribution >= 4 is 0 Å². The van der Waals surface area contributed by atoms with E-state index in [2.05, 4.69) is 5.92 Å². The summed E-state index contributed by atoms with van der Waals surface area (Å²) < 4.78 is 13.0. The van der Waals surface area contributed by atoms with Gasteiger partial charge in [-0.3, -0.25) is 0 Å². The summed E-state index contributed by atoms with van der Waals surface area (Å²) in [6.07, 6.45) is 5.89. The van der Waals surface area contributed by atoms with Gasteiger partial charge >= 0.3 is 0 Å². The van der Waals surface area contributed by atoms with Gasteiger partial charge in [0.2, 0.25) is 0 Å². The van der Waals surface area contributed by atoms with Crippen molar-refractivity contribution in [3.05, 3.63) is 0 Å². The first-order valence-electron chi connectivity index (χ1n) is 3.85. The Bertz CT molecular complexity index is 141. The molecular formula is C9H16FN. The van der Waals surface area contributed by atoms with Crippen LogP contribution >= 0.6 is 0 Å². The maximum absolute atomic E-state index is 13.0. The fourth-order valence-corrected chi connectivity index (χ4v) is 0.755. The highest BCUT2D eigenvalue weighted by Crippen LogP contribution is 2.15. The molecule has 0 aromatic rings. The quantitative estimate of drug-likeness (QED) is 0.489. The zero-order valence-corrected chi connectivity index (χ0v) is 7.23. The van der Waals surface area contributed by atoms with Crippen molar-refractivity contribution in [3.8, 4) is 12.3 Å². The van der Waals surface area contributed by atoms with E-state index in [1.807, 2.05) is 0 Å². The molecule has 0 aliphatic carbocycles. The largest absolute Gasteiger partial charge is 0.323 e. The van der Waals surface area contributed by atoms with Crippen molar-refractivity contribution in [1.82, 2.24) is 0 Å². The Hall–Kier alpha value is -0.550. The summed E-state index contributed by atoms with van der Waals surface area (Å²) in [7, 11) is 0. The van der Waals surface area contributed by atoms with Gasteiger partial charge < -0.3 is 5.73 Å². The van der Waals surface area contributed by atoms with Crippen LogP contribution in [0.15, 0.2) is 0 Å². The fraction of sp³-hybridized carbons (Fsp3) is 0.778. The molecule has 2 heteroatoms. The lowest BCUT2D eigenvalue weighted by atomic mass is 9.96. The van der Waals surface area contributed by atoms with E-state index in [1.54, 1.807) is 13.8 Å². The molecule has 11 heavy (non-hydrogen) atoms. The molecule has 0 saturated carbocycles. The standard InChI is InChI=1S/C9H16FN/c1-4-5-6-7-8(10)9(2,3)11/h1,8H,5-7,11H2,2-3H3. The van der Waals surface area contributed by atoms with Gasteiger partial charge in [0, 0.05) is 12.0 Å². The summed E-state index contributed by atoms with van der Waals surface area (Å²) in [5.74, 6) is 2.47. The van der Waals surface area contributed by atoms with E-state index in [9.17, 15) is 4.39 Å². The Balaban J connectivity index is 3.55. The van der Waals surface area contributed by atoms with Gasteiger partial charge in [-0.05, 0) is 26.7 Å². The number of hydrogen-bond donors (Lipinski definition) is 1. The SMILES string of the molecule is C#CCCCC(F)C(C)(C)N. The first-order chi connectivity index (χ1) is 4.98. The molecule has 1 atom stereocenters. The van der Waals surface area contributed by atoms with E-state index >= 15 is 0 Å². The maximum atomic E-state index is 13.0. The zero-order chi connectivity index (χ0) is 8.91. The summed E-state index contributed by atoms with van der Waals surface area (Å²) in [5, 5.41) is 0. The topological polar surface area (TPSA) is 26.0 Å². The second-order valence-corrected chi connectivity index (χ2v) is 3.39. The van der Waals surface area contributed by atoms with Crippen molar-refractivity contribution < 1.29 is 4.39 Å². The highest BCUT2D eigenvalue weighted by Gasteiger charge is 2.23. The minimum Gasteiger partial charge on any atom is -0.323 e. The molecule has 0 heterocycles. The van der Waals surface area contributed by atoms with Crippen LogP contribution in [0.2, 0.25) is 0 Å². The van der Waals surface area contributed by atoms with Gasteiger partial charge in [0.1, 0.15) is 6.17 Å². The molecule has 0 bridgehead atoms. The van der Waals surface area contributed by atoms with E-state index < -0.39 is 11.7 Å². The van der Waals surface area contributed by atoms with Gasteiger partial charge in [0.05, 0.1) is 0 Å². The lowest BCUT2D eigenvalue weighted by molar-refractivity contribution is 0.203. The highest BCUT2D eigenvalue weighted by atomic mass is 19.1. The molecule has 1 nitrogen and oxygen atoms in total. The number of halogens is 1. The number of nitrogens with two attached hydrogens (primary N) is 1.